The second-order valence-corrected chi connectivity index (χ2v) is 6.54. The van der Waals surface area contributed by atoms with Crippen LogP contribution in [0, 0.1) is 0 Å². The van der Waals surface area contributed by atoms with E-state index in [1.807, 2.05) is 59.3 Å². The van der Waals surface area contributed by atoms with Gasteiger partial charge in [0, 0.05) is 13.1 Å². The Labute approximate surface area is 151 Å². The highest BCUT2D eigenvalue weighted by Crippen LogP contribution is 2.26. The summed E-state index contributed by atoms with van der Waals surface area (Å²) in [6.45, 7) is 2.54. The molecular formula is C19H19ClN4O. The Morgan fingerprint density at radius 3 is 2.72 bits per heavy atom. The largest absolute Gasteiger partial charge is 0.487 e. The molecule has 1 aliphatic rings. The smallest absolute Gasteiger partial charge is 0.164 e. The minimum atomic E-state index is 0.149. The zero-order valence-electron chi connectivity index (χ0n) is 13.8. The molecule has 1 atom stereocenters. The van der Waals surface area contributed by atoms with Gasteiger partial charge in [0.05, 0.1) is 17.3 Å². The maximum atomic E-state index is 6.17. The topological polar surface area (TPSA) is 43.2 Å². The van der Waals surface area contributed by atoms with Crippen LogP contribution in [0.5, 0.6) is 5.75 Å². The Morgan fingerprint density at radius 2 is 1.88 bits per heavy atom. The molecule has 25 heavy (non-hydrogen) atoms. The lowest BCUT2D eigenvalue weighted by Crippen LogP contribution is -2.25. The minimum Gasteiger partial charge on any atom is -0.487 e. The fraction of sp³-hybridized carbons (Fsp3) is 0.263. The molecule has 0 spiro atoms. The summed E-state index contributed by atoms with van der Waals surface area (Å²) in [5.74, 6) is 1.57. The Bertz CT molecular complexity index is 836. The number of hydrogen-bond acceptors (Lipinski definition) is 4. The van der Waals surface area contributed by atoms with E-state index >= 15 is 0 Å². The lowest BCUT2D eigenvalue weighted by Gasteiger charge is -2.16. The van der Waals surface area contributed by atoms with E-state index in [1.54, 1.807) is 6.33 Å². The van der Waals surface area contributed by atoms with Crippen molar-refractivity contribution in [1.29, 1.82) is 0 Å². The van der Waals surface area contributed by atoms with Crippen LogP contribution in [-0.4, -0.2) is 38.9 Å². The molecule has 2 heterocycles. The Hall–Kier alpha value is -2.37. The summed E-state index contributed by atoms with van der Waals surface area (Å²) in [7, 11) is 0. The normalized spacial score (nSPS) is 17.7. The number of likely N-dealkylation sites (tertiary alicyclic amines) is 1. The molecular weight excluding hydrogens is 336 g/mol. The van der Waals surface area contributed by atoms with Gasteiger partial charge in [0.1, 0.15) is 18.2 Å². The van der Waals surface area contributed by atoms with E-state index in [-0.39, 0.29) is 6.10 Å². The lowest BCUT2D eigenvalue weighted by atomic mass is 10.3. The van der Waals surface area contributed by atoms with Gasteiger partial charge in [0.15, 0.2) is 5.82 Å². The highest BCUT2D eigenvalue weighted by molar-refractivity contribution is 6.32. The van der Waals surface area contributed by atoms with Gasteiger partial charge in [-0.15, -0.1) is 5.10 Å². The first-order chi connectivity index (χ1) is 12.3. The van der Waals surface area contributed by atoms with Gasteiger partial charge in [0.2, 0.25) is 0 Å². The van der Waals surface area contributed by atoms with Crippen LogP contribution in [0.4, 0.5) is 0 Å². The summed E-state index contributed by atoms with van der Waals surface area (Å²) in [4.78, 5) is 6.74. The van der Waals surface area contributed by atoms with Crippen molar-refractivity contribution in [3.63, 3.8) is 0 Å². The number of aromatic nitrogens is 3. The SMILES string of the molecule is Clc1ccccc1OC1CCN(Cc2ncn(-c3ccccc3)n2)C1. The number of nitrogens with zero attached hydrogens (tertiary/aromatic N) is 4. The number of rotatable bonds is 5. The molecule has 0 bridgehead atoms. The molecule has 4 rings (SSSR count). The highest BCUT2D eigenvalue weighted by Gasteiger charge is 2.25. The molecule has 3 aromatic rings. The molecule has 0 saturated carbocycles. The van der Waals surface area contributed by atoms with Crippen molar-refractivity contribution in [2.75, 3.05) is 13.1 Å². The van der Waals surface area contributed by atoms with Gasteiger partial charge in [-0.1, -0.05) is 41.9 Å². The van der Waals surface area contributed by atoms with Crippen LogP contribution < -0.4 is 4.74 Å². The van der Waals surface area contributed by atoms with Crippen molar-refractivity contribution in [2.45, 2.75) is 19.1 Å². The van der Waals surface area contributed by atoms with Crippen molar-refractivity contribution in [2.24, 2.45) is 0 Å². The van der Waals surface area contributed by atoms with Crippen molar-refractivity contribution < 1.29 is 4.74 Å². The minimum absolute atomic E-state index is 0.149. The maximum absolute atomic E-state index is 6.17. The van der Waals surface area contributed by atoms with E-state index in [0.717, 1.165) is 43.3 Å². The Morgan fingerprint density at radius 1 is 1.08 bits per heavy atom. The summed E-state index contributed by atoms with van der Waals surface area (Å²) in [6, 6.07) is 17.6. The predicted octanol–water partition coefficient (Wildman–Crippen LogP) is 3.57. The fourth-order valence-electron chi connectivity index (χ4n) is 3.03. The second-order valence-electron chi connectivity index (χ2n) is 6.13. The number of hydrogen-bond donors (Lipinski definition) is 0. The molecule has 2 aromatic carbocycles. The number of para-hydroxylation sites is 2. The molecule has 0 radical (unpaired) electrons. The van der Waals surface area contributed by atoms with Crippen LogP contribution in [0.15, 0.2) is 60.9 Å². The Balaban J connectivity index is 1.35. The standard InChI is InChI=1S/C19H19ClN4O/c20-17-8-4-5-9-18(17)25-16-10-11-23(12-16)13-19-21-14-24(22-19)15-6-2-1-3-7-15/h1-9,14,16H,10-13H2. The van der Waals surface area contributed by atoms with Crippen molar-refractivity contribution in [3.8, 4) is 11.4 Å². The maximum Gasteiger partial charge on any atom is 0.164 e. The Kier molecular flexibility index (Phi) is 4.68. The lowest BCUT2D eigenvalue weighted by molar-refractivity contribution is 0.197. The van der Waals surface area contributed by atoms with E-state index < -0.39 is 0 Å². The van der Waals surface area contributed by atoms with E-state index in [2.05, 4.69) is 15.0 Å². The third kappa shape index (κ3) is 3.83. The fourth-order valence-corrected chi connectivity index (χ4v) is 3.21. The molecule has 0 aliphatic carbocycles. The summed E-state index contributed by atoms with van der Waals surface area (Å²) in [6.07, 6.45) is 2.89. The van der Waals surface area contributed by atoms with Gasteiger partial charge in [-0.05, 0) is 30.7 Å². The summed E-state index contributed by atoms with van der Waals surface area (Å²) in [5, 5.41) is 5.23. The van der Waals surface area contributed by atoms with Gasteiger partial charge >= 0.3 is 0 Å². The van der Waals surface area contributed by atoms with Crippen LogP contribution in [0.25, 0.3) is 5.69 Å². The third-order valence-electron chi connectivity index (χ3n) is 4.28. The number of halogens is 1. The first-order valence-corrected chi connectivity index (χ1v) is 8.75. The summed E-state index contributed by atoms with van der Waals surface area (Å²) < 4.78 is 7.84. The first kappa shape index (κ1) is 16.1. The quantitative estimate of drug-likeness (QED) is 0.702. The van der Waals surface area contributed by atoms with Crippen molar-refractivity contribution in [1.82, 2.24) is 19.7 Å². The van der Waals surface area contributed by atoms with Crippen LogP contribution in [0.1, 0.15) is 12.2 Å². The van der Waals surface area contributed by atoms with Crippen molar-refractivity contribution >= 4 is 11.6 Å². The van der Waals surface area contributed by atoms with Crippen LogP contribution >= 0.6 is 11.6 Å². The van der Waals surface area contributed by atoms with E-state index in [1.165, 1.54) is 0 Å². The van der Waals surface area contributed by atoms with Gasteiger partial charge in [-0.3, -0.25) is 4.90 Å². The summed E-state index contributed by atoms with van der Waals surface area (Å²) >= 11 is 6.17. The summed E-state index contributed by atoms with van der Waals surface area (Å²) in [5.41, 5.74) is 1.02. The molecule has 128 valence electrons. The monoisotopic (exact) mass is 354 g/mol. The third-order valence-corrected chi connectivity index (χ3v) is 4.60. The molecule has 1 aromatic heterocycles. The number of ether oxygens (including phenoxy) is 1. The van der Waals surface area contributed by atoms with Crippen LogP contribution in [0.3, 0.4) is 0 Å². The highest BCUT2D eigenvalue weighted by atomic mass is 35.5. The average Bonchev–Trinajstić information content (AvgIpc) is 3.28. The van der Waals surface area contributed by atoms with E-state index in [9.17, 15) is 0 Å². The molecule has 1 saturated heterocycles. The van der Waals surface area contributed by atoms with Crippen LogP contribution in [-0.2, 0) is 6.54 Å². The zero-order chi connectivity index (χ0) is 17.1. The molecule has 1 aliphatic heterocycles. The van der Waals surface area contributed by atoms with E-state index in [4.69, 9.17) is 16.3 Å². The van der Waals surface area contributed by atoms with E-state index in [0.29, 0.717) is 5.02 Å². The van der Waals surface area contributed by atoms with Gasteiger partial charge in [-0.25, -0.2) is 9.67 Å². The van der Waals surface area contributed by atoms with Gasteiger partial charge < -0.3 is 4.74 Å². The molecule has 1 fully saturated rings. The van der Waals surface area contributed by atoms with Gasteiger partial charge in [-0.2, -0.15) is 0 Å². The zero-order valence-corrected chi connectivity index (χ0v) is 14.5. The molecule has 0 amide bonds. The van der Waals surface area contributed by atoms with Crippen LogP contribution in [0.2, 0.25) is 5.02 Å². The first-order valence-electron chi connectivity index (χ1n) is 8.37. The average molecular weight is 355 g/mol. The predicted molar refractivity (Wildman–Crippen MR) is 97.1 cm³/mol. The second kappa shape index (κ2) is 7.25. The molecule has 0 N–H and O–H groups in total. The molecule has 6 heteroatoms. The molecule has 1 unspecified atom stereocenters. The number of benzene rings is 2. The van der Waals surface area contributed by atoms with Crippen molar-refractivity contribution in [3.05, 3.63) is 71.8 Å². The molecule has 5 nitrogen and oxygen atoms in total. The van der Waals surface area contributed by atoms with Gasteiger partial charge in [0.25, 0.3) is 0 Å².